The Balaban J connectivity index is 0.000000197. The zero-order valence-electron chi connectivity index (χ0n) is 19.7. The van der Waals surface area contributed by atoms with Crippen LogP contribution in [0.2, 0.25) is 0 Å². The number of benzene rings is 2. The van der Waals surface area contributed by atoms with E-state index < -0.39 is 17.9 Å². The molecule has 1 heterocycles. The van der Waals surface area contributed by atoms with Crippen molar-refractivity contribution in [2.75, 3.05) is 23.8 Å². The molecule has 1 saturated carbocycles. The summed E-state index contributed by atoms with van der Waals surface area (Å²) in [6, 6.07) is 14.1. The topological polar surface area (TPSA) is 125 Å². The number of rotatable bonds is 4. The van der Waals surface area contributed by atoms with E-state index in [4.69, 9.17) is 10.8 Å². The van der Waals surface area contributed by atoms with E-state index in [1.165, 1.54) is 32.1 Å². The number of hydrogen-bond donors (Lipinski definition) is 3. The molecule has 0 aromatic heterocycles. The van der Waals surface area contributed by atoms with Crippen molar-refractivity contribution < 1.29 is 19.5 Å². The minimum absolute atomic E-state index is 0.0817. The molecule has 1 aliphatic heterocycles. The van der Waals surface area contributed by atoms with E-state index >= 15 is 0 Å². The van der Waals surface area contributed by atoms with Gasteiger partial charge >= 0.3 is 12.0 Å². The van der Waals surface area contributed by atoms with Crippen LogP contribution >= 0.6 is 0 Å². The molecule has 0 spiro atoms. The van der Waals surface area contributed by atoms with E-state index in [0.29, 0.717) is 17.2 Å². The maximum atomic E-state index is 12.0. The van der Waals surface area contributed by atoms with Gasteiger partial charge in [-0.2, -0.15) is 0 Å². The Bertz CT molecular complexity index is 1080. The van der Waals surface area contributed by atoms with Gasteiger partial charge in [0.1, 0.15) is 6.54 Å². The molecule has 1 aliphatic carbocycles. The summed E-state index contributed by atoms with van der Waals surface area (Å²) >= 11 is 0. The van der Waals surface area contributed by atoms with Crippen LogP contribution in [0.4, 0.5) is 16.2 Å². The highest BCUT2D eigenvalue weighted by Gasteiger charge is 2.27. The van der Waals surface area contributed by atoms with Gasteiger partial charge in [0.25, 0.3) is 0 Å². The van der Waals surface area contributed by atoms with Crippen molar-refractivity contribution in [3.05, 3.63) is 59.7 Å². The van der Waals surface area contributed by atoms with Gasteiger partial charge in [-0.1, -0.05) is 49.6 Å². The molecule has 2 aromatic rings. The predicted octanol–water partition coefficient (Wildman–Crippen LogP) is 4.40. The number of urea groups is 1. The van der Waals surface area contributed by atoms with Gasteiger partial charge in [-0.05, 0) is 43.5 Å². The van der Waals surface area contributed by atoms with Crippen molar-refractivity contribution in [1.29, 1.82) is 0 Å². The van der Waals surface area contributed by atoms with Crippen molar-refractivity contribution in [3.63, 3.8) is 0 Å². The van der Waals surface area contributed by atoms with Crippen LogP contribution in [0.1, 0.15) is 56.1 Å². The first-order valence-electron chi connectivity index (χ1n) is 11.6. The van der Waals surface area contributed by atoms with Gasteiger partial charge in [0, 0.05) is 29.9 Å². The van der Waals surface area contributed by atoms with E-state index in [1.807, 2.05) is 25.2 Å². The minimum atomic E-state index is -0.911. The second-order valence-electron chi connectivity index (χ2n) is 8.68. The molecule has 1 fully saturated rings. The molecule has 0 bridgehead atoms. The molecule has 0 saturated heterocycles. The SMILES string of the molecule is CN1C(=O)CN=C(C2CCCCC2)c2ccccc21.C[C@@H](C(=O)O)c1cccc(NC(N)=O)c1. The van der Waals surface area contributed by atoms with Crippen LogP contribution in [0, 0.1) is 5.92 Å². The Labute approximate surface area is 199 Å². The van der Waals surface area contributed by atoms with Crippen molar-refractivity contribution in [2.45, 2.75) is 44.9 Å². The highest BCUT2D eigenvalue weighted by molar-refractivity contribution is 6.12. The lowest BCUT2D eigenvalue weighted by atomic mass is 9.83. The van der Waals surface area contributed by atoms with Crippen molar-refractivity contribution >= 4 is 35.0 Å². The number of likely N-dealkylation sites (N-methyl/N-ethyl adjacent to an activating group) is 1. The molecule has 4 N–H and O–H groups in total. The number of fused-ring (bicyclic) bond motifs is 1. The highest BCUT2D eigenvalue weighted by Crippen LogP contribution is 2.32. The predicted molar refractivity (Wildman–Crippen MR) is 134 cm³/mol. The van der Waals surface area contributed by atoms with Gasteiger partial charge < -0.3 is 21.1 Å². The molecule has 0 radical (unpaired) electrons. The number of hydrogen-bond acceptors (Lipinski definition) is 4. The standard InChI is InChI=1S/C16H20N2O.C10H12N2O3/c1-18-14-10-6-5-9-13(14)16(17-11-15(18)19)12-7-3-2-4-8-12;1-6(9(13)14)7-3-2-4-8(5-7)12-10(11)15/h5-6,9-10,12H,2-4,7-8,11H2,1H3;2-6H,1H3,(H,13,14)(H3,11,12,15)/t;6-/m.1/s1. The third-order valence-corrected chi connectivity index (χ3v) is 6.32. The molecule has 180 valence electrons. The number of nitrogens with one attached hydrogen (secondary N) is 1. The number of aliphatic imine (C=N–C) groups is 1. The second-order valence-corrected chi connectivity index (χ2v) is 8.68. The lowest BCUT2D eigenvalue weighted by Crippen LogP contribution is -2.27. The lowest BCUT2D eigenvalue weighted by molar-refractivity contribution is -0.138. The van der Waals surface area contributed by atoms with Crippen LogP contribution in [0.15, 0.2) is 53.5 Å². The van der Waals surface area contributed by atoms with E-state index in [0.717, 1.165) is 17.0 Å². The summed E-state index contributed by atoms with van der Waals surface area (Å²) in [5, 5.41) is 11.2. The molecule has 1 atom stereocenters. The Morgan fingerprint density at radius 2 is 1.82 bits per heavy atom. The zero-order valence-corrected chi connectivity index (χ0v) is 19.7. The van der Waals surface area contributed by atoms with Crippen LogP contribution in [0.3, 0.4) is 0 Å². The van der Waals surface area contributed by atoms with Crippen molar-refractivity contribution in [2.24, 2.45) is 16.6 Å². The molecule has 34 heavy (non-hydrogen) atoms. The van der Waals surface area contributed by atoms with Gasteiger partial charge in [-0.15, -0.1) is 0 Å². The summed E-state index contributed by atoms with van der Waals surface area (Å²) in [5.41, 5.74) is 9.38. The Hall–Kier alpha value is -3.68. The molecular weight excluding hydrogens is 432 g/mol. The van der Waals surface area contributed by atoms with Crippen LogP contribution < -0.4 is 16.0 Å². The molecule has 0 unspecified atom stereocenters. The van der Waals surface area contributed by atoms with E-state index in [2.05, 4.69) is 16.4 Å². The number of carbonyl (C=O) groups is 3. The number of benzodiazepines with no additional fused rings is 1. The summed E-state index contributed by atoms with van der Waals surface area (Å²) in [6.07, 6.45) is 6.34. The third-order valence-electron chi connectivity index (χ3n) is 6.32. The van der Waals surface area contributed by atoms with Crippen LogP contribution in [0.5, 0.6) is 0 Å². The maximum Gasteiger partial charge on any atom is 0.316 e. The highest BCUT2D eigenvalue weighted by atomic mass is 16.4. The maximum absolute atomic E-state index is 12.0. The van der Waals surface area contributed by atoms with Crippen LogP contribution in [-0.2, 0) is 9.59 Å². The Morgan fingerprint density at radius 3 is 2.50 bits per heavy atom. The van der Waals surface area contributed by atoms with Gasteiger partial charge in [0.15, 0.2) is 0 Å². The molecule has 8 heteroatoms. The fraction of sp³-hybridized carbons (Fsp3) is 0.385. The molecule has 3 amide bonds. The monoisotopic (exact) mass is 464 g/mol. The van der Waals surface area contributed by atoms with Gasteiger partial charge in [-0.25, -0.2) is 4.79 Å². The van der Waals surface area contributed by atoms with Crippen LogP contribution in [-0.4, -0.2) is 42.3 Å². The quantitative estimate of drug-likeness (QED) is 0.620. The molecular formula is C26H32N4O4. The smallest absolute Gasteiger partial charge is 0.316 e. The number of para-hydroxylation sites is 1. The largest absolute Gasteiger partial charge is 0.481 e. The average molecular weight is 465 g/mol. The first kappa shape index (κ1) is 25.0. The van der Waals surface area contributed by atoms with E-state index in [9.17, 15) is 14.4 Å². The van der Waals surface area contributed by atoms with Gasteiger partial charge in [-0.3, -0.25) is 14.6 Å². The average Bonchev–Trinajstić information content (AvgIpc) is 2.96. The van der Waals surface area contributed by atoms with Crippen LogP contribution in [0.25, 0.3) is 0 Å². The number of carbonyl (C=O) groups excluding carboxylic acids is 2. The molecule has 2 aliphatic rings. The summed E-state index contributed by atoms with van der Waals surface area (Å²) < 4.78 is 0. The zero-order chi connectivity index (χ0) is 24.7. The second kappa shape index (κ2) is 11.4. The van der Waals surface area contributed by atoms with Gasteiger partial charge in [0.05, 0.1) is 11.6 Å². The lowest BCUT2D eigenvalue weighted by Gasteiger charge is -2.25. The number of aliphatic carboxylic acids is 1. The number of carboxylic acids is 1. The normalized spacial score (nSPS) is 16.8. The van der Waals surface area contributed by atoms with Crippen molar-refractivity contribution in [1.82, 2.24) is 0 Å². The first-order chi connectivity index (χ1) is 16.3. The summed E-state index contributed by atoms with van der Waals surface area (Å²) in [4.78, 5) is 39.7. The van der Waals surface area contributed by atoms with E-state index in [1.54, 1.807) is 36.1 Å². The number of anilines is 2. The number of nitrogens with two attached hydrogens (primary N) is 1. The minimum Gasteiger partial charge on any atom is -0.481 e. The first-order valence-corrected chi connectivity index (χ1v) is 11.6. The third kappa shape index (κ3) is 6.21. The number of primary amides is 1. The summed E-state index contributed by atoms with van der Waals surface area (Å²) in [6.45, 7) is 1.86. The summed E-state index contributed by atoms with van der Waals surface area (Å²) in [5.74, 6) is -0.904. The van der Waals surface area contributed by atoms with Gasteiger partial charge in [0.2, 0.25) is 5.91 Å². The Kier molecular flexibility index (Phi) is 8.40. The molecule has 2 aromatic carbocycles. The van der Waals surface area contributed by atoms with Crippen molar-refractivity contribution in [3.8, 4) is 0 Å². The van der Waals surface area contributed by atoms with E-state index in [-0.39, 0.29) is 12.5 Å². The molecule has 8 nitrogen and oxygen atoms in total. The fourth-order valence-corrected chi connectivity index (χ4v) is 4.36. The number of amides is 3. The Morgan fingerprint density at radius 1 is 1.12 bits per heavy atom. The molecule has 4 rings (SSSR count). The summed E-state index contributed by atoms with van der Waals surface area (Å²) in [7, 11) is 1.85. The fourth-order valence-electron chi connectivity index (χ4n) is 4.36. The number of nitrogens with zero attached hydrogens (tertiary/aromatic N) is 2. The number of carboxylic acid groups (broad SMARTS) is 1.